The standard InChI is InChI=1S/C10H17N6O14P3/c11-8-5-9(13-2-12-8)15(3-14-5)10-7(18)6(17)4(28-10)1-27-31(19,20)16(29-32(21,22)23)30-33(24,25)26/h2-4,6-7,10,17-18H,1H2,(H,19,20)(H2,11,12,13)(H2,21,22,23)(H2,24,25,26)/t4-,6-,7-,10-/m1/s1. The quantitative estimate of drug-likeness (QED) is 0.121. The molecule has 33 heavy (non-hydrogen) atoms. The summed E-state index contributed by atoms with van der Waals surface area (Å²) in [6.45, 7) is -1.06. The topological polar surface area (TPSA) is 303 Å². The van der Waals surface area contributed by atoms with Gasteiger partial charge in [0.1, 0.15) is 30.2 Å². The highest BCUT2D eigenvalue weighted by atomic mass is 31.2. The molecular weight excluding hydrogens is 521 g/mol. The third kappa shape index (κ3) is 6.17. The summed E-state index contributed by atoms with van der Waals surface area (Å²) in [5, 5.41) is 20.5. The Hall–Kier alpha value is -1.44. The molecule has 0 amide bonds. The van der Waals surface area contributed by atoms with Crippen molar-refractivity contribution in [1.29, 1.82) is 0 Å². The van der Waals surface area contributed by atoms with Crippen molar-refractivity contribution in [3.05, 3.63) is 12.7 Å². The van der Waals surface area contributed by atoms with Gasteiger partial charge in [-0.3, -0.25) is 9.09 Å². The zero-order valence-corrected chi connectivity index (χ0v) is 18.5. The van der Waals surface area contributed by atoms with Gasteiger partial charge in [-0.05, 0) is 0 Å². The summed E-state index contributed by atoms with van der Waals surface area (Å²) < 4.78 is 52.4. The number of hydrogen-bond acceptors (Lipinski definition) is 13. The fourth-order valence-corrected chi connectivity index (χ4v) is 4.89. The maximum atomic E-state index is 12.2. The molecule has 5 atom stereocenters. The number of nitrogens with two attached hydrogens (primary N) is 1. The van der Waals surface area contributed by atoms with Crippen molar-refractivity contribution >= 4 is 40.4 Å². The second-order valence-corrected chi connectivity index (χ2v) is 10.2. The normalized spacial score (nSPS) is 26.2. The van der Waals surface area contributed by atoms with Crippen LogP contribution in [-0.4, -0.2) is 84.1 Å². The van der Waals surface area contributed by atoms with E-state index in [1.165, 1.54) is 10.9 Å². The number of imidazole rings is 1. The molecule has 0 spiro atoms. The van der Waals surface area contributed by atoms with Gasteiger partial charge in [0.2, 0.25) is 0 Å². The molecule has 2 aromatic heterocycles. The lowest BCUT2D eigenvalue weighted by atomic mass is 10.1. The van der Waals surface area contributed by atoms with Gasteiger partial charge in [0.15, 0.2) is 17.7 Å². The van der Waals surface area contributed by atoms with E-state index in [9.17, 15) is 28.8 Å². The van der Waals surface area contributed by atoms with Crippen molar-refractivity contribution in [3.63, 3.8) is 0 Å². The van der Waals surface area contributed by atoms with E-state index in [4.69, 9.17) is 30.0 Å². The Kier molecular flexibility index (Phi) is 7.38. The minimum atomic E-state index is -5.65. The van der Waals surface area contributed by atoms with Crippen LogP contribution in [-0.2, 0) is 32.2 Å². The molecule has 3 rings (SSSR count). The highest BCUT2D eigenvalue weighted by Crippen LogP contribution is 2.57. The molecule has 1 saturated heterocycles. The number of anilines is 1. The van der Waals surface area contributed by atoms with Gasteiger partial charge in [-0.15, -0.1) is 0 Å². The monoisotopic (exact) mass is 538 g/mol. The van der Waals surface area contributed by atoms with Crippen molar-refractivity contribution in [2.75, 3.05) is 12.3 Å². The number of aliphatic hydroxyl groups excluding tert-OH is 2. The van der Waals surface area contributed by atoms with Crippen molar-refractivity contribution in [2.24, 2.45) is 0 Å². The maximum Gasteiger partial charge on any atom is 0.488 e. The molecule has 0 radical (unpaired) electrons. The van der Waals surface area contributed by atoms with Crippen LogP contribution in [0.25, 0.3) is 11.2 Å². The van der Waals surface area contributed by atoms with E-state index >= 15 is 0 Å². The van der Waals surface area contributed by atoms with Crippen molar-refractivity contribution in [2.45, 2.75) is 24.5 Å². The first-order valence-corrected chi connectivity index (χ1v) is 12.9. The Morgan fingerprint density at radius 2 is 1.64 bits per heavy atom. The molecule has 20 nitrogen and oxygen atoms in total. The number of rotatable bonds is 9. The highest BCUT2D eigenvalue weighted by Gasteiger charge is 2.48. The minimum Gasteiger partial charge on any atom is -0.387 e. The van der Waals surface area contributed by atoms with Gasteiger partial charge in [0.25, 0.3) is 0 Å². The van der Waals surface area contributed by atoms with Gasteiger partial charge in [0.05, 0.1) is 17.9 Å². The SMILES string of the molecule is Nc1ncnc2c1ncn2[C@@H]1O[C@H](COP(=O)(O)N(OP(=O)(O)O)OP(=O)(O)O)[C@@H](O)[C@H]1O. The first-order chi connectivity index (χ1) is 15.1. The molecule has 1 aliphatic heterocycles. The molecule has 1 unspecified atom stereocenters. The molecule has 1 aliphatic rings. The Morgan fingerprint density at radius 1 is 1.03 bits per heavy atom. The fourth-order valence-electron chi connectivity index (χ4n) is 2.66. The number of aromatic nitrogens is 4. The van der Waals surface area contributed by atoms with Crippen molar-refractivity contribution < 1.29 is 66.9 Å². The lowest BCUT2D eigenvalue weighted by Gasteiger charge is -2.25. The average molecular weight is 538 g/mol. The van der Waals surface area contributed by atoms with Crippen LogP contribution in [0.2, 0.25) is 0 Å². The molecule has 9 N–H and O–H groups in total. The van der Waals surface area contributed by atoms with Crippen LogP contribution in [0.15, 0.2) is 12.7 Å². The van der Waals surface area contributed by atoms with Gasteiger partial charge in [-0.25, -0.2) is 28.6 Å². The van der Waals surface area contributed by atoms with E-state index in [0.29, 0.717) is 0 Å². The van der Waals surface area contributed by atoms with E-state index in [1.54, 1.807) is 0 Å². The third-order valence-electron chi connectivity index (χ3n) is 3.96. The van der Waals surface area contributed by atoms with Crippen LogP contribution in [0.1, 0.15) is 6.23 Å². The number of ether oxygens (including phenoxy) is 1. The predicted molar refractivity (Wildman–Crippen MR) is 99.5 cm³/mol. The van der Waals surface area contributed by atoms with Gasteiger partial charge >= 0.3 is 23.4 Å². The Balaban J connectivity index is 1.76. The maximum absolute atomic E-state index is 12.2. The van der Waals surface area contributed by atoms with Crippen LogP contribution < -0.4 is 5.73 Å². The van der Waals surface area contributed by atoms with Gasteiger partial charge in [-0.1, -0.05) is 0 Å². The summed E-state index contributed by atoms with van der Waals surface area (Å²) in [5.74, 6) is 0.0168. The van der Waals surface area contributed by atoms with Crippen LogP contribution in [0, 0.1) is 0 Å². The van der Waals surface area contributed by atoms with E-state index < -0.39 is 59.5 Å². The van der Waals surface area contributed by atoms with E-state index in [0.717, 1.165) is 6.33 Å². The predicted octanol–water partition coefficient (Wildman–Crippen LogP) is -2.50. The zero-order chi connectivity index (χ0) is 24.8. The highest BCUT2D eigenvalue weighted by molar-refractivity contribution is 7.52. The zero-order valence-electron chi connectivity index (χ0n) is 15.8. The summed E-state index contributed by atoms with van der Waals surface area (Å²) in [6.07, 6.45) is -4.02. The number of hydrogen-bond donors (Lipinski definition) is 8. The van der Waals surface area contributed by atoms with Crippen molar-refractivity contribution in [1.82, 2.24) is 24.5 Å². The van der Waals surface area contributed by atoms with Crippen LogP contribution in [0.5, 0.6) is 0 Å². The number of phosphoric acid groups is 2. The molecule has 3 heterocycles. The molecule has 1 fully saturated rings. The van der Waals surface area contributed by atoms with Crippen LogP contribution in [0.4, 0.5) is 5.82 Å². The first kappa shape index (κ1) is 26.2. The summed E-state index contributed by atoms with van der Waals surface area (Å²) in [4.78, 5) is 55.4. The van der Waals surface area contributed by atoms with E-state index in [2.05, 4.69) is 28.7 Å². The molecule has 186 valence electrons. The first-order valence-electron chi connectivity index (χ1n) is 8.32. The van der Waals surface area contributed by atoms with Crippen LogP contribution in [0.3, 0.4) is 0 Å². The van der Waals surface area contributed by atoms with E-state index in [-0.39, 0.29) is 17.0 Å². The summed E-state index contributed by atoms with van der Waals surface area (Å²) in [6, 6.07) is 0. The minimum absolute atomic E-state index is 0.0168. The van der Waals surface area contributed by atoms with E-state index in [1.807, 2.05) is 0 Å². The van der Waals surface area contributed by atoms with Crippen molar-refractivity contribution in [3.8, 4) is 0 Å². The Bertz CT molecular complexity index is 1130. The molecule has 0 aromatic carbocycles. The molecule has 23 heteroatoms. The second-order valence-electron chi connectivity index (χ2n) is 6.30. The summed E-state index contributed by atoms with van der Waals surface area (Å²) >= 11 is 0. The average Bonchev–Trinajstić information content (AvgIpc) is 3.20. The Labute approximate surface area is 182 Å². The van der Waals surface area contributed by atoms with Gasteiger partial charge in [0, 0.05) is 0 Å². The van der Waals surface area contributed by atoms with Gasteiger partial charge in [-0.2, -0.15) is 9.25 Å². The number of aliphatic hydroxyl groups is 2. The number of nitrogen functional groups attached to an aromatic ring is 1. The number of nitrogens with zero attached hydrogens (tertiary/aromatic N) is 5. The molecule has 0 saturated carbocycles. The second kappa shape index (κ2) is 9.31. The lowest BCUT2D eigenvalue weighted by molar-refractivity contribution is -0.218. The third-order valence-corrected chi connectivity index (χ3v) is 6.01. The van der Waals surface area contributed by atoms with Gasteiger partial charge < -0.3 is 45.2 Å². The van der Waals surface area contributed by atoms with Crippen LogP contribution >= 0.6 is 23.4 Å². The number of fused-ring (bicyclic) bond motifs is 1. The largest absolute Gasteiger partial charge is 0.488 e. The Morgan fingerprint density at radius 3 is 2.21 bits per heavy atom. The molecule has 2 aromatic rings. The summed E-state index contributed by atoms with van der Waals surface area (Å²) in [7, 11) is -17.0. The molecule has 0 aliphatic carbocycles. The molecular formula is C10H17N6O14P3. The summed E-state index contributed by atoms with van der Waals surface area (Å²) in [5.41, 5.74) is 5.94. The lowest BCUT2D eigenvalue weighted by Crippen LogP contribution is -2.34. The fraction of sp³-hybridized carbons (Fsp3) is 0.500. The smallest absolute Gasteiger partial charge is 0.387 e. The molecule has 0 bridgehead atoms.